The second-order valence-electron chi connectivity index (χ2n) is 6.87. The molecule has 2 aromatic carbocycles. The van der Waals surface area contributed by atoms with Crippen LogP contribution >= 0.6 is 11.6 Å². The van der Waals surface area contributed by atoms with E-state index in [4.69, 9.17) is 16.3 Å². The van der Waals surface area contributed by atoms with E-state index in [0.717, 1.165) is 43.5 Å². The first-order valence-corrected chi connectivity index (χ1v) is 9.43. The lowest BCUT2D eigenvalue weighted by molar-refractivity contribution is 0.306. The fourth-order valence-electron chi connectivity index (χ4n) is 3.67. The molecular weight excluding hydrogens is 348 g/mol. The maximum absolute atomic E-state index is 9.34. The van der Waals surface area contributed by atoms with E-state index in [1.807, 2.05) is 36.4 Å². The van der Waals surface area contributed by atoms with Gasteiger partial charge < -0.3 is 15.3 Å². The number of hydrogen-bond donors (Lipinski definition) is 2. The maximum Gasteiger partial charge on any atom is 0.146 e. The summed E-state index contributed by atoms with van der Waals surface area (Å²) in [4.78, 5) is 0. The Kier molecular flexibility index (Phi) is 6.40. The van der Waals surface area contributed by atoms with Crippen LogP contribution in [0.2, 0.25) is 5.02 Å². The van der Waals surface area contributed by atoms with Gasteiger partial charge in [-0.2, -0.15) is 0 Å². The molecule has 0 amide bonds. The van der Waals surface area contributed by atoms with Gasteiger partial charge in [0.2, 0.25) is 0 Å². The van der Waals surface area contributed by atoms with Crippen LogP contribution in [0.1, 0.15) is 43.6 Å². The third-order valence-corrected chi connectivity index (χ3v) is 5.42. The van der Waals surface area contributed by atoms with Crippen molar-refractivity contribution in [2.75, 3.05) is 12.4 Å². The van der Waals surface area contributed by atoms with Gasteiger partial charge in [-0.1, -0.05) is 28.9 Å². The molecule has 4 nitrogen and oxygen atoms in total. The minimum absolute atomic E-state index is 0.537. The van der Waals surface area contributed by atoms with Gasteiger partial charge in [-0.05, 0) is 79.5 Å². The molecule has 0 aliphatic heterocycles. The third kappa shape index (κ3) is 4.92. The van der Waals surface area contributed by atoms with E-state index in [0.29, 0.717) is 22.7 Å². The fourth-order valence-corrected chi connectivity index (χ4v) is 3.79. The average molecular weight is 373 g/mol. The highest BCUT2D eigenvalue weighted by molar-refractivity contribution is 6.30. The summed E-state index contributed by atoms with van der Waals surface area (Å²) in [5, 5.41) is 16.7. The summed E-state index contributed by atoms with van der Waals surface area (Å²) in [6.07, 6.45) is 5.36. The number of halogens is 1. The molecule has 0 spiro atoms. The Hall–Kier alpha value is -2.20. The van der Waals surface area contributed by atoms with Gasteiger partial charge in [-0.15, -0.1) is 0 Å². The summed E-state index contributed by atoms with van der Waals surface area (Å²) >= 11 is 5.90. The van der Waals surface area contributed by atoms with E-state index in [2.05, 4.69) is 22.6 Å². The Labute approximate surface area is 159 Å². The molecule has 1 aliphatic rings. The first-order valence-electron chi connectivity index (χ1n) is 9.05. The first kappa shape index (κ1) is 18.6. The lowest BCUT2D eigenvalue weighted by Gasteiger charge is -2.29. The summed E-state index contributed by atoms with van der Waals surface area (Å²) in [5.74, 6) is 2.66. The Balaban J connectivity index is 1.51. The lowest BCUT2D eigenvalue weighted by Crippen LogP contribution is -2.21. The Morgan fingerprint density at radius 3 is 2.31 bits per heavy atom. The first-order chi connectivity index (χ1) is 12.7. The second kappa shape index (κ2) is 8.95. The molecule has 5 heteroatoms. The topological polar surface area (TPSA) is 53.9 Å². The second-order valence-corrected chi connectivity index (χ2v) is 7.31. The third-order valence-electron chi connectivity index (χ3n) is 5.17. The van der Waals surface area contributed by atoms with Crippen molar-refractivity contribution in [1.29, 1.82) is 0 Å². The van der Waals surface area contributed by atoms with E-state index in [1.54, 1.807) is 7.11 Å². The normalized spacial score (nSPS) is 20.6. The Morgan fingerprint density at radius 2 is 1.73 bits per heavy atom. The van der Waals surface area contributed by atoms with Crippen LogP contribution in [0.3, 0.4) is 0 Å². The molecule has 0 heterocycles. The molecule has 1 saturated carbocycles. The quantitative estimate of drug-likeness (QED) is 0.297. The largest absolute Gasteiger partial charge is 0.497 e. The molecule has 0 saturated heterocycles. The summed E-state index contributed by atoms with van der Waals surface area (Å²) < 4.78 is 5.23. The maximum atomic E-state index is 9.34. The highest BCUT2D eigenvalue weighted by atomic mass is 35.5. The number of methoxy groups -OCH3 is 1. The number of anilines is 1. The number of benzene rings is 2. The summed E-state index contributed by atoms with van der Waals surface area (Å²) in [7, 11) is 1.69. The summed E-state index contributed by atoms with van der Waals surface area (Å²) in [5.41, 5.74) is 2.27. The monoisotopic (exact) mass is 372 g/mol. The Morgan fingerprint density at radius 1 is 1.08 bits per heavy atom. The number of oxime groups is 1. The van der Waals surface area contributed by atoms with Gasteiger partial charge in [-0.3, -0.25) is 0 Å². The molecule has 138 valence electrons. The highest BCUT2D eigenvalue weighted by Crippen LogP contribution is 2.37. The minimum Gasteiger partial charge on any atom is -0.497 e. The van der Waals surface area contributed by atoms with Crippen LogP contribution in [0.25, 0.3) is 0 Å². The van der Waals surface area contributed by atoms with Gasteiger partial charge in [0.1, 0.15) is 11.6 Å². The number of rotatable bonds is 5. The van der Waals surface area contributed by atoms with Gasteiger partial charge in [-0.25, -0.2) is 0 Å². The SMILES string of the molecule is COc1ccc([C@H]2CC[C@@H](C/C(=N/O)Nc3ccc(Cl)cc3)CC2)cc1. The number of nitrogens with zero attached hydrogens (tertiary/aromatic N) is 1. The van der Waals surface area contributed by atoms with Gasteiger partial charge in [0, 0.05) is 17.1 Å². The van der Waals surface area contributed by atoms with Crippen LogP contribution in [-0.2, 0) is 0 Å². The average Bonchev–Trinajstić information content (AvgIpc) is 2.70. The molecule has 3 rings (SSSR count). The van der Waals surface area contributed by atoms with Crippen LogP contribution in [-0.4, -0.2) is 18.2 Å². The van der Waals surface area contributed by atoms with Crippen LogP contribution in [0.4, 0.5) is 5.69 Å². The molecule has 0 atom stereocenters. The minimum atomic E-state index is 0.537. The lowest BCUT2D eigenvalue weighted by atomic mass is 9.77. The van der Waals surface area contributed by atoms with Gasteiger partial charge >= 0.3 is 0 Å². The predicted molar refractivity (Wildman–Crippen MR) is 107 cm³/mol. The molecule has 26 heavy (non-hydrogen) atoms. The summed E-state index contributed by atoms with van der Waals surface area (Å²) in [6, 6.07) is 15.8. The van der Waals surface area contributed by atoms with E-state index in [-0.39, 0.29) is 0 Å². The molecule has 0 aromatic heterocycles. The van der Waals surface area contributed by atoms with Crippen LogP contribution in [0.15, 0.2) is 53.7 Å². The predicted octanol–water partition coefficient (Wildman–Crippen LogP) is 5.91. The number of hydrogen-bond acceptors (Lipinski definition) is 3. The van der Waals surface area contributed by atoms with Crippen molar-refractivity contribution in [2.45, 2.75) is 38.0 Å². The molecule has 2 N–H and O–H groups in total. The number of ether oxygens (including phenoxy) is 1. The zero-order valence-electron chi connectivity index (χ0n) is 15.0. The van der Waals surface area contributed by atoms with Crippen molar-refractivity contribution >= 4 is 23.1 Å². The van der Waals surface area contributed by atoms with Gasteiger partial charge in [0.05, 0.1) is 7.11 Å². The molecule has 0 unspecified atom stereocenters. The smallest absolute Gasteiger partial charge is 0.146 e. The number of nitrogens with one attached hydrogen (secondary N) is 1. The van der Waals surface area contributed by atoms with Crippen molar-refractivity contribution in [3.63, 3.8) is 0 Å². The van der Waals surface area contributed by atoms with Crippen molar-refractivity contribution in [2.24, 2.45) is 11.1 Å². The van der Waals surface area contributed by atoms with E-state index < -0.39 is 0 Å². The van der Waals surface area contributed by atoms with Crippen molar-refractivity contribution < 1.29 is 9.94 Å². The molecule has 1 fully saturated rings. The molecule has 2 aromatic rings. The van der Waals surface area contributed by atoms with Crippen molar-refractivity contribution in [3.8, 4) is 5.75 Å². The van der Waals surface area contributed by atoms with Crippen LogP contribution in [0, 0.1) is 5.92 Å². The van der Waals surface area contributed by atoms with Crippen molar-refractivity contribution in [1.82, 2.24) is 0 Å². The zero-order valence-corrected chi connectivity index (χ0v) is 15.7. The fraction of sp³-hybridized carbons (Fsp3) is 0.381. The van der Waals surface area contributed by atoms with E-state index >= 15 is 0 Å². The highest BCUT2D eigenvalue weighted by Gasteiger charge is 2.23. The zero-order chi connectivity index (χ0) is 18.4. The summed E-state index contributed by atoms with van der Waals surface area (Å²) in [6.45, 7) is 0. The molecule has 1 aliphatic carbocycles. The van der Waals surface area contributed by atoms with E-state index in [1.165, 1.54) is 5.56 Å². The van der Waals surface area contributed by atoms with Crippen molar-refractivity contribution in [3.05, 3.63) is 59.1 Å². The molecule has 0 radical (unpaired) electrons. The van der Waals surface area contributed by atoms with Crippen LogP contribution < -0.4 is 10.1 Å². The standard InChI is InChI=1S/C21H25ClN2O2/c1-26-20-12-6-17(7-13-20)16-4-2-15(3-5-16)14-21(24-25)23-19-10-8-18(22)9-11-19/h6-13,15-16,25H,2-5,14H2,1H3,(H,23,24)/t15-,16+. The molecular formula is C21H25ClN2O2. The van der Waals surface area contributed by atoms with Gasteiger partial charge in [0.15, 0.2) is 0 Å². The molecule has 0 bridgehead atoms. The van der Waals surface area contributed by atoms with Gasteiger partial charge in [0.25, 0.3) is 0 Å². The van der Waals surface area contributed by atoms with E-state index in [9.17, 15) is 5.21 Å². The van der Waals surface area contributed by atoms with Crippen LogP contribution in [0.5, 0.6) is 5.75 Å². The Bertz CT molecular complexity index is 721. The number of amidine groups is 1.